The summed E-state index contributed by atoms with van der Waals surface area (Å²) in [6.45, 7) is 2.15. The van der Waals surface area contributed by atoms with E-state index in [1.165, 1.54) is 4.90 Å². The van der Waals surface area contributed by atoms with Gasteiger partial charge in [-0.1, -0.05) is 72.8 Å². The van der Waals surface area contributed by atoms with Gasteiger partial charge < -0.3 is 10.6 Å². The molecule has 5 heteroatoms. The minimum absolute atomic E-state index is 0.246. The summed E-state index contributed by atoms with van der Waals surface area (Å²) in [7, 11) is 1.65. The number of amides is 3. The van der Waals surface area contributed by atoms with E-state index in [0.29, 0.717) is 13.0 Å². The van der Waals surface area contributed by atoms with Crippen molar-refractivity contribution in [3.63, 3.8) is 0 Å². The molecule has 1 atom stereocenters. The molecule has 0 spiro atoms. The monoisotopic (exact) mass is 399 g/mol. The van der Waals surface area contributed by atoms with E-state index < -0.39 is 11.4 Å². The Hall–Kier alpha value is -3.60. The van der Waals surface area contributed by atoms with Gasteiger partial charge in [-0.3, -0.25) is 9.69 Å². The first-order valence-corrected chi connectivity index (χ1v) is 9.98. The van der Waals surface area contributed by atoms with Crippen LogP contribution in [0.1, 0.15) is 29.2 Å². The first kappa shape index (κ1) is 19.7. The van der Waals surface area contributed by atoms with Gasteiger partial charge in [0.1, 0.15) is 5.54 Å². The van der Waals surface area contributed by atoms with Crippen LogP contribution < -0.4 is 10.6 Å². The first-order valence-electron chi connectivity index (χ1n) is 9.98. The lowest BCUT2D eigenvalue weighted by molar-refractivity contribution is -0.127. The fraction of sp³-hybridized carbons (Fsp3) is 0.200. The minimum Gasteiger partial charge on any atom is -0.367 e. The van der Waals surface area contributed by atoms with Crippen LogP contribution in [-0.2, 0) is 23.3 Å². The van der Waals surface area contributed by atoms with Gasteiger partial charge in [0.05, 0.1) is 12.2 Å². The summed E-state index contributed by atoms with van der Waals surface area (Å²) in [5.41, 5.74) is 9.30. The molecule has 30 heavy (non-hydrogen) atoms. The number of hydrogen-bond donors (Lipinski definition) is 1. The first-order chi connectivity index (χ1) is 14.4. The van der Waals surface area contributed by atoms with Crippen molar-refractivity contribution in [3.8, 4) is 0 Å². The van der Waals surface area contributed by atoms with Crippen molar-refractivity contribution < 1.29 is 9.59 Å². The van der Waals surface area contributed by atoms with Crippen molar-refractivity contribution >= 4 is 17.6 Å². The van der Waals surface area contributed by atoms with Crippen LogP contribution in [0.2, 0.25) is 0 Å². The van der Waals surface area contributed by atoms with Gasteiger partial charge in [0, 0.05) is 12.6 Å². The van der Waals surface area contributed by atoms with Crippen molar-refractivity contribution in [1.82, 2.24) is 4.90 Å². The topological polar surface area (TPSA) is 66.6 Å². The standard InChI is InChI=1S/C25H25N3O2/c1-25(23(26)29)22-20(16-18-10-5-3-6-11-18)14-9-15-21(22)28(24(30)27(25)2)17-19-12-7-4-8-13-19/h3-15H,16-17H2,1-2H3,(H2,26,29). The van der Waals surface area contributed by atoms with Gasteiger partial charge in [-0.15, -0.1) is 0 Å². The molecule has 5 nitrogen and oxygen atoms in total. The molecular formula is C25H25N3O2. The highest BCUT2D eigenvalue weighted by molar-refractivity contribution is 6.03. The Kier molecular flexibility index (Phi) is 5.04. The number of likely N-dealkylation sites (N-methyl/N-ethyl adjacent to an activating group) is 1. The summed E-state index contributed by atoms with van der Waals surface area (Å²) < 4.78 is 0. The summed E-state index contributed by atoms with van der Waals surface area (Å²) >= 11 is 0. The number of anilines is 1. The SMILES string of the molecule is CN1C(=O)N(Cc2ccccc2)c2cccc(Cc3ccccc3)c2C1(C)C(N)=O. The quantitative estimate of drug-likeness (QED) is 0.703. The Morgan fingerprint density at radius 3 is 2.10 bits per heavy atom. The number of fused-ring (bicyclic) bond motifs is 1. The summed E-state index contributed by atoms with van der Waals surface area (Å²) in [6, 6.07) is 25.5. The van der Waals surface area contributed by atoms with E-state index in [4.69, 9.17) is 5.73 Å². The molecule has 0 saturated heterocycles. The molecule has 0 fully saturated rings. The second-order valence-electron chi connectivity index (χ2n) is 7.82. The maximum absolute atomic E-state index is 13.3. The number of nitrogens with zero attached hydrogens (tertiary/aromatic N) is 2. The molecule has 2 N–H and O–H groups in total. The number of hydrogen-bond acceptors (Lipinski definition) is 2. The van der Waals surface area contributed by atoms with Crippen molar-refractivity contribution in [2.24, 2.45) is 5.73 Å². The van der Waals surface area contributed by atoms with Crippen molar-refractivity contribution in [1.29, 1.82) is 0 Å². The Morgan fingerprint density at radius 2 is 1.50 bits per heavy atom. The molecule has 3 aromatic rings. The van der Waals surface area contributed by atoms with Gasteiger partial charge in [-0.25, -0.2) is 4.79 Å². The molecule has 0 aromatic heterocycles. The van der Waals surface area contributed by atoms with Crippen molar-refractivity contribution in [2.75, 3.05) is 11.9 Å². The summed E-state index contributed by atoms with van der Waals surface area (Å²) in [4.78, 5) is 29.2. The smallest absolute Gasteiger partial charge is 0.325 e. The van der Waals surface area contributed by atoms with Crippen LogP contribution in [0.3, 0.4) is 0 Å². The predicted molar refractivity (Wildman–Crippen MR) is 118 cm³/mol. The molecule has 0 saturated carbocycles. The summed E-state index contributed by atoms with van der Waals surface area (Å²) in [5, 5.41) is 0. The van der Waals surface area contributed by atoms with E-state index in [1.54, 1.807) is 18.9 Å². The van der Waals surface area contributed by atoms with Gasteiger partial charge in [0.2, 0.25) is 5.91 Å². The minimum atomic E-state index is -1.23. The molecule has 3 amide bonds. The van der Waals surface area contributed by atoms with Crippen LogP contribution in [0.4, 0.5) is 10.5 Å². The fourth-order valence-electron chi connectivity index (χ4n) is 4.19. The summed E-state index contributed by atoms with van der Waals surface area (Å²) in [5.74, 6) is -0.542. The van der Waals surface area contributed by atoms with Gasteiger partial charge in [0.25, 0.3) is 0 Å². The molecule has 1 heterocycles. The number of urea groups is 1. The third-order valence-electron chi connectivity index (χ3n) is 6.00. The molecule has 1 aliphatic rings. The molecule has 152 valence electrons. The van der Waals surface area contributed by atoms with E-state index in [9.17, 15) is 9.59 Å². The molecule has 4 rings (SSSR count). The highest BCUT2D eigenvalue weighted by Crippen LogP contribution is 2.43. The highest BCUT2D eigenvalue weighted by Gasteiger charge is 2.49. The van der Waals surface area contributed by atoms with Crippen molar-refractivity contribution in [2.45, 2.75) is 25.4 Å². The number of nitrogens with two attached hydrogens (primary N) is 1. The van der Waals surface area contributed by atoms with E-state index in [-0.39, 0.29) is 6.03 Å². The number of rotatable bonds is 5. The number of benzene rings is 3. The molecule has 0 radical (unpaired) electrons. The third kappa shape index (κ3) is 3.22. The lowest BCUT2D eigenvalue weighted by Gasteiger charge is -2.47. The van der Waals surface area contributed by atoms with Crippen LogP contribution in [-0.4, -0.2) is 23.9 Å². The van der Waals surface area contributed by atoms with Crippen LogP contribution in [0.25, 0.3) is 0 Å². The molecule has 0 aliphatic carbocycles. The predicted octanol–water partition coefficient (Wildman–Crippen LogP) is 4.05. The Bertz CT molecular complexity index is 1080. The van der Waals surface area contributed by atoms with Crippen LogP contribution in [0, 0.1) is 0 Å². The number of carbonyl (C=O) groups excluding carboxylic acids is 2. The lowest BCUT2D eigenvalue weighted by atomic mass is 9.81. The molecule has 0 bridgehead atoms. The van der Waals surface area contributed by atoms with Gasteiger partial charge in [-0.05, 0) is 36.1 Å². The van der Waals surface area contributed by atoms with E-state index in [0.717, 1.165) is 27.9 Å². The fourth-order valence-corrected chi connectivity index (χ4v) is 4.19. The Balaban J connectivity index is 1.88. The van der Waals surface area contributed by atoms with Crippen LogP contribution in [0.15, 0.2) is 78.9 Å². The van der Waals surface area contributed by atoms with E-state index >= 15 is 0 Å². The zero-order chi connectivity index (χ0) is 21.3. The average Bonchev–Trinajstić information content (AvgIpc) is 2.76. The zero-order valence-corrected chi connectivity index (χ0v) is 17.2. The largest absolute Gasteiger partial charge is 0.367 e. The second-order valence-corrected chi connectivity index (χ2v) is 7.82. The van der Waals surface area contributed by atoms with Gasteiger partial charge in [0.15, 0.2) is 0 Å². The van der Waals surface area contributed by atoms with Crippen LogP contribution in [0.5, 0.6) is 0 Å². The van der Waals surface area contributed by atoms with Gasteiger partial charge in [-0.2, -0.15) is 0 Å². The number of carbonyl (C=O) groups is 2. The molecule has 3 aromatic carbocycles. The summed E-state index contributed by atoms with van der Waals surface area (Å²) in [6.07, 6.45) is 0.647. The maximum Gasteiger partial charge on any atom is 0.325 e. The van der Waals surface area contributed by atoms with Gasteiger partial charge >= 0.3 is 6.03 Å². The third-order valence-corrected chi connectivity index (χ3v) is 6.00. The van der Waals surface area contributed by atoms with E-state index in [2.05, 4.69) is 12.1 Å². The molecule has 1 aliphatic heterocycles. The molecule has 1 unspecified atom stereocenters. The number of primary amides is 1. The van der Waals surface area contributed by atoms with Crippen LogP contribution >= 0.6 is 0 Å². The Labute approximate surface area is 176 Å². The zero-order valence-electron chi connectivity index (χ0n) is 17.2. The lowest BCUT2D eigenvalue weighted by Crippen LogP contribution is -2.61. The van der Waals surface area contributed by atoms with E-state index in [1.807, 2.05) is 66.7 Å². The average molecular weight is 399 g/mol. The second kappa shape index (κ2) is 7.67. The normalized spacial score (nSPS) is 18.3. The maximum atomic E-state index is 13.3. The van der Waals surface area contributed by atoms with Crippen molar-refractivity contribution in [3.05, 3.63) is 101 Å². The molecular weight excluding hydrogens is 374 g/mol. The Morgan fingerprint density at radius 1 is 0.900 bits per heavy atom. The highest BCUT2D eigenvalue weighted by atomic mass is 16.2.